The molecule has 1 aromatic carbocycles. The van der Waals surface area contributed by atoms with Gasteiger partial charge in [0, 0.05) is 5.39 Å². The van der Waals surface area contributed by atoms with E-state index in [2.05, 4.69) is 0 Å². The molecule has 0 aliphatic heterocycles. The number of ether oxygens (including phenoxy) is 1. The molecule has 0 spiro atoms. The minimum atomic E-state index is -0.963. The predicted octanol–water partition coefficient (Wildman–Crippen LogP) is 3.59. The highest BCUT2D eigenvalue weighted by Gasteiger charge is 2.22. The average Bonchev–Trinajstić information content (AvgIpc) is 3.03. The van der Waals surface area contributed by atoms with Crippen LogP contribution in [0.5, 0.6) is 0 Å². The number of hydrogen-bond acceptors (Lipinski definition) is 3. The monoisotopic (exact) mass is 260 g/mol. The molecule has 3 rings (SSSR count). The third-order valence-electron chi connectivity index (χ3n) is 3.63. The van der Waals surface area contributed by atoms with E-state index in [1.54, 1.807) is 12.1 Å². The molecule has 0 atom stereocenters. The minimum absolute atomic E-state index is 0.230. The van der Waals surface area contributed by atoms with Gasteiger partial charge in [0.1, 0.15) is 23.5 Å². The highest BCUT2D eigenvalue weighted by Crippen LogP contribution is 2.28. The van der Waals surface area contributed by atoms with Crippen LogP contribution in [0, 0.1) is 0 Å². The first kappa shape index (κ1) is 12.2. The number of aromatic carboxylic acids is 1. The second-order valence-corrected chi connectivity index (χ2v) is 4.92. The van der Waals surface area contributed by atoms with Crippen molar-refractivity contribution >= 4 is 16.9 Å². The third kappa shape index (κ3) is 2.36. The number of furan rings is 1. The number of hydrogen-bond donors (Lipinski definition) is 1. The molecule has 0 radical (unpaired) electrons. The smallest absolute Gasteiger partial charge is 0.340 e. The Bertz CT molecular complexity index is 593. The van der Waals surface area contributed by atoms with Crippen molar-refractivity contribution in [2.75, 3.05) is 0 Å². The summed E-state index contributed by atoms with van der Waals surface area (Å²) in [5.74, 6) is -0.546. The summed E-state index contributed by atoms with van der Waals surface area (Å²) in [6.45, 7) is 0.237. The fraction of sp³-hybridized carbons (Fsp3) is 0.400. The predicted molar refractivity (Wildman–Crippen MR) is 70.2 cm³/mol. The van der Waals surface area contributed by atoms with E-state index in [1.165, 1.54) is 12.8 Å². The first-order valence-corrected chi connectivity index (χ1v) is 6.61. The lowest BCUT2D eigenvalue weighted by Gasteiger charge is -2.09. The Morgan fingerprint density at radius 1 is 1.32 bits per heavy atom. The second kappa shape index (κ2) is 5.05. The molecule has 4 heteroatoms. The number of fused-ring (bicyclic) bond motifs is 1. The van der Waals surface area contributed by atoms with Gasteiger partial charge in [-0.2, -0.15) is 0 Å². The molecular weight excluding hydrogens is 244 g/mol. The van der Waals surface area contributed by atoms with Crippen LogP contribution in [0.3, 0.4) is 0 Å². The van der Waals surface area contributed by atoms with Crippen LogP contribution in [0.25, 0.3) is 11.0 Å². The van der Waals surface area contributed by atoms with Crippen molar-refractivity contribution < 1.29 is 19.1 Å². The number of carbonyl (C=O) groups is 1. The van der Waals surface area contributed by atoms with Crippen molar-refractivity contribution in [2.45, 2.75) is 38.4 Å². The SMILES string of the molecule is O=C(O)c1c(COC2CCCC2)oc2ccccc12. The maximum atomic E-state index is 11.4. The maximum absolute atomic E-state index is 11.4. The Morgan fingerprint density at radius 3 is 2.79 bits per heavy atom. The van der Waals surface area contributed by atoms with Crippen LogP contribution in [0.1, 0.15) is 41.8 Å². The molecule has 1 N–H and O–H groups in total. The summed E-state index contributed by atoms with van der Waals surface area (Å²) in [6.07, 6.45) is 4.74. The molecule has 0 amide bonds. The zero-order valence-electron chi connectivity index (χ0n) is 10.6. The van der Waals surface area contributed by atoms with Gasteiger partial charge in [-0.05, 0) is 18.9 Å². The van der Waals surface area contributed by atoms with E-state index in [9.17, 15) is 9.90 Å². The fourth-order valence-electron chi connectivity index (χ4n) is 2.68. The quantitative estimate of drug-likeness (QED) is 0.912. The van der Waals surface area contributed by atoms with Gasteiger partial charge in [-0.15, -0.1) is 0 Å². The standard InChI is InChI=1S/C15H16O4/c16-15(17)14-11-7-3-4-8-12(11)19-13(14)9-18-10-5-1-2-6-10/h3-4,7-8,10H,1-2,5-6,9H2,(H,16,17). The van der Waals surface area contributed by atoms with Gasteiger partial charge in [0.2, 0.25) is 0 Å². The summed E-state index contributed by atoms with van der Waals surface area (Å²) >= 11 is 0. The van der Waals surface area contributed by atoms with Gasteiger partial charge in [0.25, 0.3) is 0 Å². The van der Waals surface area contributed by atoms with E-state index >= 15 is 0 Å². The Balaban J connectivity index is 1.88. The molecule has 1 aliphatic carbocycles. The van der Waals surface area contributed by atoms with Crippen molar-refractivity contribution in [1.29, 1.82) is 0 Å². The highest BCUT2D eigenvalue weighted by atomic mass is 16.5. The Labute approximate surface area is 111 Å². The summed E-state index contributed by atoms with van der Waals surface area (Å²) < 4.78 is 11.4. The van der Waals surface area contributed by atoms with Gasteiger partial charge in [0.15, 0.2) is 0 Å². The Morgan fingerprint density at radius 2 is 2.05 bits per heavy atom. The molecule has 1 saturated carbocycles. The summed E-state index contributed by atoms with van der Waals surface area (Å²) in [6, 6.07) is 7.19. The third-order valence-corrected chi connectivity index (χ3v) is 3.63. The first-order valence-electron chi connectivity index (χ1n) is 6.61. The fourth-order valence-corrected chi connectivity index (χ4v) is 2.68. The first-order chi connectivity index (χ1) is 9.25. The molecule has 1 heterocycles. The van der Waals surface area contributed by atoms with Crippen molar-refractivity contribution in [3.8, 4) is 0 Å². The van der Waals surface area contributed by atoms with Crippen LogP contribution in [0.15, 0.2) is 28.7 Å². The summed E-state index contributed by atoms with van der Waals surface area (Å²) in [5.41, 5.74) is 0.832. The van der Waals surface area contributed by atoms with Gasteiger partial charge in [-0.1, -0.05) is 31.0 Å². The van der Waals surface area contributed by atoms with Crippen LogP contribution in [-0.4, -0.2) is 17.2 Å². The molecule has 0 unspecified atom stereocenters. The van der Waals surface area contributed by atoms with E-state index < -0.39 is 5.97 Å². The van der Waals surface area contributed by atoms with Crippen molar-refractivity contribution in [3.63, 3.8) is 0 Å². The van der Waals surface area contributed by atoms with Crippen LogP contribution in [0.4, 0.5) is 0 Å². The molecular formula is C15H16O4. The molecule has 1 aromatic heterocycles. The Hall–Kier alpha value is -1.81. The van der Waals surface area contributed by atoms with Gasteiger partial charge >= 0.3 is 5.97 Å². The van der Waals surface area contributed by atoms with Crippen molar-refractivity contribution in [1.82, 2.24) is 0 Å². The lowest BCUT2D eigenvalue weighted by atomic mass is 10.1. The van der Waals surface area contributed by atoms with E-state index in [1.807, 2.05) is 12.1 Å². The molecule has 1 fully saturated rings. The number of para-hydroxylation sites is 1. The van der Waals surface area contributed by atoms with E-state index in [4.69, 9.17) is 9.15 Å². The average molecular weight is 260 g/mol. The van der Waals surface area contributed by atoms with Crippen LogP contribution in [-0.2, 0) is 11.3 Å². The van der Waals surface area contributed by atoms with Gasteiger partial charge in [0.05, 0.1) is 6.10 Å². The molecule has 4 nitrogen and oxygen atoms in total. The largest absolute Gasteiger partial charge is 0.478 e. The Kier molecular flexibility index (Phi) is 3.25. The van der Waals surface area contributed by atoms with E-state index in [-0.39, 0.29) is 18.3 Å². The zero-order valence-corrected chi connectivity index (χ0v) is 10.6. The van der Waals surface area contributed by atoms with Crippen LogP contribution in [0.2, 0.25) is 0 Å². The molecule has 0 saturated heterocycles. The normalized spacial score (nSPS) is 16.2. The van der Waals surface area contributed by atoms with Gasteiger partial charge < -0.3 is 14.3 Å². The number of benzene rings is 1. The minimum Gasteiger partial charge on any atom is -0.478 e. The van der Waals surface area contributed by atoms with Crippen molar-refractivity contribution in [2.24, 2.45) is 0 Å². The molecule has 2 aromatic rings. The highest BCUT2D eigenvalue weighted by molar-refractivity contribution is 6.03. The van der Waals surface area contributed by atoms with Gasteiger partial charge in [-0.25, -0.2) is 4.79 Å². The summed E-state index contributed by atoms with van der Waals surface area (Å²) in [4.78, 5) is 11.4. The summed E-state index contributed by atoms with van der Waals surface area (Å²) in [5, 5.41) is 9.97. The van der Waals surface area contributed by atoms with Gasteiger partial charge in [-0.3, -0.25) is 0 Å². The topological polar surface area (TPSA) is 59.7 Å². The molecule has 19 heavy (non-hydrogen) atoms. The maximum Gasteiger partial charge on any atom is 0.340 e. The second-order valence-electron chi connectivity index (χ2n) is 4.92. The zero-order chi connectivity index (χ0) is 13.2. The lowest BCUT2D eigenvalue weighted by Crippen LogP contribution is -2.09. The lowest BCUT2D eigenvalue weighted by molar-refractivity contribution is 0.0349. The van der Waals surface area contributed by atoms with Crippen molar-refractivity contribution in [3.05, 3.63) is 35.6 Å². The number of carboxylic acids is 1. The summed E-state index contributed by atoms with van der Waals surface area (Å²) in [7, 11) is 0. The van der Waals surface area contributed by atoms with E-state index in [0.29, 0.717) is 16.7 Å². The molecule has 0 bridgehead atoms. The molecule has 1 aliphatic rings. The molecule has 100 valence electrons. The van der Waals surface area contributed by atoms with Crippen LogP contribution < -0.4 is 0 Å². The van der Waals surface area contributed by atoms with E-state index in [0.717, 1.165) is 12.8 Å². The van der Waals surface area contributed by atoms with Crippen LogP contribution >= 0.6 is 0 Å². The number of rotatable bonds is 4. The number of carboxylic acid groups (broad SMARTS) is 1.